The zero-order valence-electron chi connectivity index (χ0n) is 16.6. The van der Waals surface area contributed by atoms with E-state index in [-0.39, 0.29) is 17.2 Å². The molecule has 0 radical (unpaired) electrons. The number of nitrogens with zero attached hydrogens (tertiary/aromatic N) is 3. The van der Waals surface area contributed by atoms with E-state index in [1.165, 1.54) is 11.8 Å². The second-order valence-electron chi connectivity index (χ2n) is 6.84. The monoisotopic (exact) mass is 477 g/mol. The lowest BCUT2D eigenvalue weighted by Crippen LogP contribution is -2.28. The van der Waals surface area contributed by atoms with Crippen molar-refractivity contribution in [2.24, 2.45) is 0 Å². The molecule has 0 aliphatic heterocycles. The minimum Gasteiger partial charge on any atom is -0.467 e. The number of furan rings is 1. The van der Waals surface area contributed by atoms with Gasteiger partial charge in [-0.2, -0.15) is 0 Å². The molecule has 0 atom stereocenters. The first-order valence-electron chi connectivity index (χ1n) is 9.59. The second-order valence-corrected chi connectivity index (χ2v) is 8.70. The lowest BCUT2D eigenvalue weighted by atomic mass is 10.2. The van der Waals surface area contributed by atoms with Gasteiger partial charge in [-0.3, -0.25) is 14.2 Å². The van der Waals surface area contributed by atoms with Crippen LogP contribution in [0.5, 0.6) is 0 Å². The number of aromatic nitrogens is 2. The zero-order valence-corrected chi connectivity index (χ0v) is 19.0. The van der Waals surface area contributed by atoms with Crippen LogP contribution in [-0.4, -0.2) is 33.2 Å². The number of hydrogen-bond donors (Lipinski definition) is 0. The fraction of sp³-hybridized carbons (Fsp3) is 0.381. The normalized spacial score (nSPS) is 11.1. The summed E-state index contributed by atoms with van der Waals surface area (Å²) in [5, 5.41) is 1.17. The minimum absolute atomic E-state index is 0.0448. The molecule has 0 fully saturated rings. The van der Waals surface area contributed by atoms with Gasteiger partial charge in [0.15, 0.2) is 5.16 Å². The fourth-order valence-electron chi connectivity index (χ4n) is 2.96. The maximum absolute atomic E-state index is 13.1. The summed E-state index contributed by atoms with van der Waals surface area (Å²) < 4.78 is 7.85. The Morgan fingerprint density at radius 1 is 1.31 bits per heavy atom. The number of rotatable bonds is 9. The highest BCUT2D eigenvalue weighted by Crippen LogP contribution is 2.21. The third kappa shape index (κ3) is 5.51. The number of halogens is 1. The third-order valence-corrected chi connectivity index (χ3v) is 6.04. The van der Waals surface area contributed by atoms with Crippen molar-refractivity contribution in [2.45, 2.75) is 44.4 Å². The molecule has 2 heterocycles. The second kappa shape index (κ2) is 10.1. The summed E-state index contributed by atoms with van der Waals surface area (Å²) in [7, 11) is 1.74. The van der Waals surface area contributed by atoms with Crippen LogP contribution in [-0.2, 0) is 17.9 Å². The van der Waals surface area contributed by atoms with Crippen LogP contribution in [0.1, 0.15) is 31.9 Å². The molecule has 1 amide bonds. The Bertz CT molecular complexity index is 1030. The number of amides is 1. The van der Waals surface area contributed by atoms with Gasteiger partial charge < -0.3 is 9.32 Å². The van der Waals surface area contributed by atoms with Crippen molar-refractivity contribution in [1.29, 1.82) is 0 Å². The number of thioether (sulfide) groups is 1. The Morgan fingerprint density at radius 2 is 2.14 bits per heavy atom. The Labute approximate surface area is 182 Å². The van der Waals surface area contributed by atoms with Crippen LogP contribution >= 0.6 is 27.7 Å². The summed E-state index contributed by atoms with van der Waals surface area (Å²) in [5.41, 5.74) is 0.579. The summed E-state index contributed by atoms with van der Waals surface area (Å²) in [4.78, 5) is 31.9. The van der Waals surface area contributed by atoms with Crippen LogP contribution in [0.3, 0.4) is 0 Å². The number of hydrogen-bond acceptors (Lipinski definition) is 5. The summed E-state index contributed by atoms with van der Waals surface area (Å²) in [6, 6.07) is 9.14. The molecular formula is C21H24BrN3O3S. The first-order valence-corrected chi connectivity index (χ1v) is 11.4. The smallest absolute Gasteiger partial charge is 0.262 e. The first-order chi connectivity index (χ1) is 14.0. The lowest BCUT2D eigenvalue weighted by molar-refractivity contribution is -0.127. The van der Waals surface area contributed by atoms with Crippen molar-refractivity contribution >= 4 is 44.5 Å². The number of fused-ring (bicyclic) bond motifs is 1. The predicted octanol–water partition coefficient (Wildman–Crippen LogP) is 4.69. The van der Waals surface area contributed by atoms with Crippen LogP contribution < -0.4 is 5.56 Å². The molecule has 0 saturated carbocycles. The first kappa shape index (κ1) is 21.6. The predicted molar refractivity (Wildman–Crippen MR) is 119 cm³/mol. The van der Waals surface area contributed by atoms with Gasteiger partial charge in [-0.25, -0.2) is 4.98 Å². The Kier molecular flexibility index (Phi) is 7.55. The van der Waals surface area contributed by atoms with Crippen LogP contribution in [0, 0.1) is 0 Å². The molecule has 0 saturated heterocycles. The molecule has 0 aliphatic rings. The van der Waals surface area contributed by atoms with E-state index in [4.69, 9.17) is 4.42 Å². The minimum atomic E-state index is -0.0636. The SMILES string of the molecule is CCCCCn1c(SCC(=O)N(C)Cc2ccco2)nc2ccc(Br)cc2c1=O. The Balaban J connectivity index is 1.80. The molecule has 1 aromatic carbocycles. The average Bonchev–Trinajstić information content (AvgIpc) is 3.21. The van der Waals surface area contributed by atoms with E-state index in [2.05, 4.69) is 27.8 Å². The number of carbonyl (C=O) groups excluding carboxylic acids is 1. The van der Waals surface area contributed by atoms with Gasteiger partial charge in [0.1, 0.15) is 5.76 Å². The molecule has 2 aromatic heterocycles. The Morgan fingerprint density at radius 3 is 2.86 bits per heavy atom. The number of carbonyl (C=O) groups is 1. The lowest BCUT2D eigenvalue weighted by Gasteiger charge is -2.17. The van der Waals surface area contributed by atoms with E-state index in [1.54, 1.807) is 34.9 Å². The maximum Gasteiger partial charge on any atom is 0.262 e. The highest BCUT2D eigenvalue weighted by molar-refractivity contribution is 9.10. The molecule has 8 heteroatoms. The average molecular weight is 478 g/mol. The van der Waals surface area contributed by atoms with E-state index in [9.17, 15) is 9.59 Å². The number of benzene rings is 1. The van der Waals surface area contributed by atoms with Gasteiger partial charge in [0.2, 0.25) is 5.91 Å². The van der Waals surface area contributed by atoms with E-state index in [0.717, 1.165) is 29.5 Å². The van der Waals surface area contributed by atoms with E-state index in [0.29, 0.717) is 29.1 Å². The molecule has 29 heavy (non-hydrogen) atoms. The van der Waals surface area contributed by atoms with Gasteiger partial charge in [-0.1, -0.05) is 47.5 Å². The van der Waals surface area contributed by atoms with Gasteiger partial charge in [0.25, 0.3) is 5.56 Å². The number of unbranched alkanes of at least 4 members (excludes halogenated alkanes) is 2. The zero-order chi connectivity index (χ0) is 20.8. The van der Waals surface area contributed by atoms with Gasteiger partial charge in [-0.15, -0.1) is 0 Å². The van der Waals surface area contributed by atoms with Crippen LogP contribution in [0.2, 0.25) is 0 Å². The van der Waals surface area contributed by atoms with Gasteiger partial charge in [-0.05, 0) is 36.8 Å². The summed E-state index contributed by atoms with van der Waals surface area (Å²) >= 11 is 4.73. The van der Waals surface area contributed by atoms with Crippen molar-refractivity contribution in [2.75, 3.05) is 12.8 Å². The van der Waals surface area contributed by atoms with Crippen LogP contribution in [0.15, 0.2) is 55.4 Å². The molecule has 0 unspecified atom stereocenters. The summed E-state index contributed by atoms with van der Waals surface area (Å²) in [5.74, 6) is 0.896. The summed E-state index contributed by atoms with van der Waals surface area (Å²) in [6.07, 6.45) is 4.60. The van der Waals surface area contributed by atoms with Crippen molar-refractivity contribution in [3.8, 4) is 0 Å². The largest absolute Gasteiger partial charge is 0.467 e. The van der Waals surface area contributed by atoms with Gasteiger partial charge in [0, 0.05) is 18.1 Å². The molecular weight excluding hydrogens is 454 g/mol. The molecule has 0 aliphatic carbocycles. The van der Waals surface area contributed by atoms with Crippen molar-refractivity contribution in [3.63, 3.8) is 0 Å². The highest BCUT2D eigenvalue weighted by atomic mass is 79.9. The van der Waals surface area contributed by atoms with Crippen molar-refractivity contribution in [1.82, 2.24) is 14.5 Å². The highest BCUT2D eigenvalue weighted by Gasteiger charge is 2.16. The van der Waals surface area contributed by atoms with Gasteiger partial charge in [0.05, 0.1) is 29.5 Å². The molecule has 3 rings (SSSR count). The molecule has 0 N–H and O–H groups in total. The third-order valence-electron chi connectivity index (χ3n) is 4.59. The molecule has 6 nitrogen and oxygen atoms in total. The van der Waals surface area contributed by atoms with E-state index >= 15 is 0 Å². The molecule has 3 aromatic rings. The van der Waals surface area contributed by atoms with E-state index in [1.807, 2.05) is 18.2 Å². The fourth-order valence-corrected chi connectivity index (χ4v) is 4.29. The maximum atomic E-state index is 13.1. The summed E-state index contributed by atoms with van der Waals surface area (Å²) in [6.45, 7) is 3.14. The topological polar surface area (TPSA) is 68.3 Å². The van der Waals surface area contributed by atoms with E-state index < -0.39 is 0 Å². The van der Waals surface area contributed by atoms with Gasteiger partial charge >= 0.3 is 0 Å². The van der Waals surface area contributed by atoms with Crippen LogP contribution in [0.4, 0.5) is 0 Å². The van der Waals surface area contributed by atoms with Crippen molar-refractivity contribution in [3.05, 3.63) is 57.2 Å². The Hall–Kier alpha value is -2.06. The standard InChI is InChI=1S/C21H24BrN3O3S/c1-3-4-5-10-25-20(27)17-12-15(22)8-9-18(17)23-21(25)29-14-19(26)24(2)13-16-7-6-11-28-16/h6-9,11-12H,3-5,10,13-14H2,1-2H3. The quantitative estimate of drug-likeness (QED) is 0.254. The molecule has 0 spiro atoms. The molecule has 154 valence electrons. The molecule has 0 bridgehead atoms. The van der Waals surface area contributed by atoms with Crippen molar-refractivity contribution < 1.29 is 9.21 Å². The van der Waals surface area contributed by atoms with Crippen LogP contribution in [0.25, 0.3) is 10.9 Å².